The lowest BCUT2D eigenvalue weighted by Gasteiger charge is -1.92. The van der Waals surface area contributed by atoms with Crippen LogP contribution in [0.25, 0.3) is 0 Å². The van der Waals surface area contributed by atoms with Crippen LogP contribution in [0.1, 0.15) is 20.1 Å². The second kappa shape index (κ2) is 3.96. The molecule has 0 unspecified atom stereocenters. The molecule has 0 aliphatic heterocycles. The van der Waals surface area contributed by atoms with E-state index in [1.165, 1.54) is 11.3 Å². The van der Waals surface area contributed by atoms with E-state index in [1.54, 1.807) is 17.8 Å². The van der Waals surface area contributed by atoms with E-state index in [0.717, 1.165) is 16.2 Å². The van der Waals surface area contributed by atoms with Crippen LogP contribution in [-0.2, 0) is 5.75 Å². The van der Waals surface area contributed by atoms with Crippen LogP contribution in [0.3, 0.4) is 0 Å². The number of aryl methyl sites for hydroxylation is 1. The lowest BCUT2D eigenvalue weighted by molar-refractivity contribution is 0.0702. The summed E-state index contributed by atoms with van der Waals surface area (Å²) in [7, 11) is 0. The average Bonchev–Trinajstić information content (AvgIpc) is 2.34. The van der Waals surface area contributed by atoms with Crippen molar-refractivity contribution >= 4 is 29.1 Å². The van der Waals surface area contributed by atoms with Gasteiger partial charge in [0.15, 0.2) is 0 Å². The molecule has 0 fully saturated rings. The van der Waals surface area contributed by atoms with E-state index in [1.807, 2.05) is 13.2 Å². The fraction of sp³-hybridized carbons (Fsp3) is 0.375. The van der Waals surface area contributed by atoms with Gasteiger partial charge in [0.25, 0.3) is 0 Å². The van der Waals surface area contributed by atoms with Gasteiger partial charge in [-0.1, -0.05) is 0 Å². The maximum absolute atomic E-state index is 10.6. The third-order valence-corrected chi connectivity index (χ3v) is 3.21. The molecule has 1 aromatic heterocycles. The molecule has 1 rings (SSSR count). The fourth-order valence-corrected chi connectivity index (χ4v) is 2.51. The van der Waals surface area contributed by atoms with E-state index in [-0.39, 0.29) is 0 Å². The summed E-state index contributed by atoms with van der Waals surface area (Å²) in [6.45, 7) is 1.96. The van der Waals surface area contributed by atoms with Crippen molar-refractivity contribution in [3.05, 3.63) is 21.4 Å². The Bertz CT molecular complexity index is 291. The SMILES string of the molecule is CSCc1cc(C(=O)O)sc1C. The first-order chi connectivity index (χ1) is 5.65. The number of carboxylic acid groups (broad SMARTS) is 1. The molecule has 0 saturated heterocycles. The highest BCUT2D eigenvalue weighted by Crippen LogP contribution is 2.24. The van der Waals surface area contributed by atoms with Crippen LogP contribution in [-0.4, -0.2) is 17.3 Å². The Morgan fingerprint density at radius 1 is 1.75 bits per heavy atom. The smallest absolute Gasteiger partial charge is 0.345 e. The van der Waals surface area contributed by atoms with Gasteiger partial charge >= 0.3 is 5.97 Å². The largest absolute Gasteiger partial charge is 0.477 e. The van der Waals surface area contributed by atoms with Crippen molar-refractivity contribution in [1.82, 2.24) is 0 Å². The summed E-state index contributed by atoms with van der Waals surface area (Å²) in [4.78, 5) is 12.1. The minimum atomic E-state index is -0.824. The molecule has 0 aromatic carbocycles. The molecule has 1 N–H and O–H groups in total. The Hall–Kier alpha value is -0.480. The lowest BCUT2D eigenvalue weighted by atomic mass is 10.3. The molecule has 12 heavy (non-hydrogen) atoms. The van der Waals surface area contributed by atoms with Crippen LogP contribution in [0.5, 0.6) is 0 Å². The van der Waals surface area contributed by atoms with Crippen LogP contribution in [0, 0.1) is 6.92 Å². The predicted octanol–water partition coefficient (Wildman–Crippen LogP) is 2.62. The van der Waals surface area contributed by atoms with E-state index in [0.29, 0.717) is 4.88 Å². The summed E-state index contributed by atoms with van der Waals surface area (Å²) >= 11 is 3.06. The summed E-state index contributed by atoms with van der Waals surface area (Å²) in [5, 5.41) is 8.69. The minimum absolute atomic E-state index is 0.441. The highest BCUT2D eigenvalue weighted by Gasteiger charge is 2.09. The third-order valence-electron chi connectivity index (χ3n) is 1.53. The molecule has 0 spiro atoms. The zero-order valence-electron chi connectivity index (χ0n) is 6.96. The summed E-state index contributed by atoms with van der Waals surface area (Å²) in [6.07, 6.45) is 2.01. The molecule has 1 aromatic rings. The van der Waals surface area contributed by atoms with Gasteiger partial charge in [0.1, 0.15) is 4.88 Å². The molecule has 0 aliphatic carbocycles. The number of hydrogen-bond donors (Lipinski definition) is 1. The van der Waals surface area contributed by atoms with Crippen molar-refractivity contribution in [3.8, 4) is 0 Å². The highest BCUT2D eigenvalue weighted by atomic mass is 32.2. The van der Waals surface area contributed by atoms with Gasteiger partial charge in [0, 0.05) is 10.6 Å². The highest BCUT2D eigenvalue weighted by molar-refractivity contribution is 7.97. The van der Waals surface area contributed by atoms with Gasteiger partial charge in [-0.15, -0.1) is 11.3 Å². The molecule has 0 amide bonds. The normalized spacial score (nSPS) is 10.2. The molecule has 0 saturated carbocycles. The Labute approximate surface area is 79.6 Å². The minimum Gasteiger partial charge on any atom is -0.477 e. The monoisotopic (exact) mass is 202 g/mol. The Morgan fingerprint density at radius 2 is 2.42 bits per heavy atom. The number of carbonyl (C=O) groups is 1. The van der Waals surface area contributed by atoms with Crippen molar-refractivity contribution in [2.75, 3.05) is 6.26 Å². The molecule has 0 aliphatic rings. The van der Waals surface area contributed by atoms with Gasteiger partial charge in [0.05, 0.1) is 0 Å². The van der Waals surface area contributed by atoms with Crippen molar-refractivity contribution in [3.63, 3.8) is 0 Å². The average molecular weight is 202 g/mol. The zero-order chi connectivity index (χ0) is 9.14. The van der Waals surface area contributed by atoms with Gasteiger partial charge in [-0.05, 0) is 24.8 Å². The first-order valence-electron chi connectivity index (χ1n) is 3.46. The van der Waals surface area contributed by atoms with Gasteiger partial charge in [-0.25, -0.2) is 4.79 Å². The molecule has 66 valence electrons. The number of hydrogen-bond acceptors (Lipinski definition) is 3. The Morgan fingerprint density at radius 3 is 2.83 bits per heavy atom. The lowest BCUT2D eigenvalue weighted by Crippen LogP contribution is -1.90. The molecule has 0 bridgehead atoms. The predicted molar refractivity (Wildman–Crippen MR) is 53.2 cm³/mol. The van der Waals surface area contributed by atoms with E-state index in [4.69, 9.17) is 5.11 Å². The Balaban J connectivity index is 2.92. The van der Waals surface area contributed by atoms with Crippen molar-refractivity contribution < 1.29 is 9.90 Å². The van der Waals surface area contributed by atoms with Crippen molar-refractivity contribution in [1.29, 1.82) is 0 Å². The van der Waals surface area contributed by atoms with Crippen molar-refractivity contribution in [2.45, 2.75) is 12.7 Å². The second-order valence-corrected chi connectivity index (χ2v) is 4.55. The van der Waals surface area contributed by atoms with Gasteiger partial charge in [0.2, 0.25) is 0 Å². The van der Waals surface area contributed by atoms with Crippen LogP contribution < -0.4 is 0 Å². The van der Waals surface area contributed by atoms with Crippen LogP contribution in [0.2, 0.25) is 0 Å². The van der Waals surface area contributed by atoms with E-state index < -0.39 is 5.97 Å². The molecule has 2 nitrogen and oxygen atoms in total. The quantitative estimate of drug-likeness (QED) is 0.818. The Kier molecular flexibility index (Phi) is 3.17. The zero-order valence-corrected chi connectivity index (χ0v) is 8.59. The molecule has 0 atom stereocenters. The maximum atomic E-state index is 10.6. The van der Waals surface area contributed by atoms with E-state index in [2.05, 4.69) is 0 Å². The molecule has 1 heterocycles. The summed E-state index contributed by atoms with van der Waals surface area (Å²) < 4.78 is 0. The first kappa shape index (κ1) is 9.61. The molecule has 4 heteroatoms. The number of rotatable bonds is 3. The van der Waals surface area contributed by atoms with Gasteiger partial charge < -0.3 is 5.11 Å². The first-order valence-corrected chi connectivity index (χ1v) is 5.67. The van der Waals surface area contributed by atoms with Gasteiger partial charge in [-0.3, -0.25) is 0 Å². The second-order valence-electron chi connectivity index (χ2n) is 2.43. The number of thioether (sulfide) groups is 1. The standard InChI is InChI=1S/C8H10O2S2/c1-5-6(4-11-2)3-7(12-5)8(9)10/h3H,4H2,1-2H3,(H,9,10). The number of carboxylic acids is 1. The van der Waals surface area contributed by atoms with Crippen molar-refractivity contribution in [2.24, 2.45) is 0 Å². The summed E-state index contributed by atoms with van der Waals surface area (Å²) in [5.74, 6) is 0.0748. The number of aromatic carboxylic acids is 1. The molecule has 0 radical (unpaired) electrons. The number of thiophene rings is 1. The maximum Gasteiger partial charge on any atom is 0.345 e. The topological polar surface area (TPSA) is 37.3 Å². The summed E-state index contributed by atoms with van der Waals surface area (Å²) in [5.41, 5.74) is 1.14. The van der Waals surface area contributed by atoms with E-state index in [9.17, 15) is 4.79 Å². The molecular weight excluding hydrogens is 192 g/mol. The molecular formula is C8H10O2S2. The van der Waals surface area contributed by atoms with Gasteiger partial charge in [-0.2, -0.15) is 11.8 Å². The van der Waals surface area contributed by atoms with E-state index >= 15 is 0 Å². The fourth-order valence-electron chi connectivity index (χ4n) is 0.924. The summed E-state index contributed by atoms with van der Waals surface area (Å²) in [6, 6.07) is 1.76. The van der Waals surface area contributed by atoms with Crippen LogP contribution >= 0.6 is 23.1 Å². The van der Waals surface area contributed by atoms with Crippen LogP contribution in [0.15, 0.2) is 6.07 Å². The third kappa shape index (κ3) is 2.01. The van der Waals surface area contributed by atoms with Crippen LogP contribution in [0.4, 0.5) is 0 Å².